The summed E-state index contributed by atoms with van der Waals surface area (Å²) in [5.41, 5.74) is 2.85. The van der Waals surface area contributed by atoms with Crippen molar-refractivity contribution in [2.75, 3.05) is 18.0 Å². The summed E-state index contributed by atoms with van der Waals surface area (Å²) in [4.78, 5) is 24.2. The minimum Gasteiger partial charge on any atom is -0.497 e. The zero-order chi connectivity index (χ0) is 28.9. The van der Waals surface area contributed by atoms with Gasteiger partial charge in [-0.2, -0.15) is 0 Å². The lowest BCUT2D eigenvalue weighted by molar-refractivity contribution is -0.385. The van der Waals surface area contributed by atoms with Crippen LogP contribution in [-0.2, 0) is 14.8 Å². The third kappa shape index (κ3) is 6.13. The van der Waals surface area contributed by atoms with E-state index in [0.29, 0.717) is 11.3 Å². The predicted octanol–water partition coefficient (Wildman–Crippen LogP) is 5.32. The normalized spacial score (nSPS) is 11.9. The van der Waals surface area contributed by atoms with Crippen LogP contribution >= 0.6 is 0 Å². The van der Waals surface area contributed by atoms with Gasteiger partial charge < -0.3 is 10.1 Å². The quantitative estimate of drug-likeness (QED) is 0.207. The smallest absolute Gasteiger partial charge is 0.273 e. The van der Waals surface area contributed by atoms with Gasteiger partial charge in [-0.1, -0.05) is 60.7 Å². The van der Waals surface area contributed by atoms with Gasteiger partial charge in [-0.3, -0.25) is 19.2 Å². The molecule has 0 saturated carbocycles. The van der Waals surface area contributed by atoms with E-state index in [1.165, 1.54) is 38.3 Å². The molecule has 1 amide bonds. The first-order chi connectivity index (χ1) is 19.1. The summed E-state index contributed by atoms with van der Waals surface area (Å²) in [5.74, 6) is -0.0571. The summed E-state index contributed by atoms with van der Waals surface area (Å²) in [5, 5.41) is 14.5. The van der Waals surface area contributed by atoms with Crippen molar-refractivity contribution in [3.8, 4) is 5.75 Å². The number of nitrogens with zero attached hydrogens (tertiary/aromatic N) is 2. The van der Waals surface area contributed by atoms with E-state index in [2.05, 4.69) is 5.32 Å². The highest BCUT2D eigenvalue weighted by Crippen LogP contribution is 2.30. The van der Waals surface area contributed by atoms with E-state index in [1.54, 1.807) is 12.1 Å². The summed E-state index contributed by atoms with van der Waals surface area (Å²) in [7, 11) is -2.90. The maximum Gasteiger partial charge on any atom is 0.273 e. The maximum atomic E-state index is 13.9. The lowest BCUT2D eigenvalue weighted by Crippen LogP contribution is -2.42. The topological polar surface area (TPSA) is 119 Å². The molecule has 0 aliphatic carbocycles. The van der Waals surface area contributed by atoms with Crippen molar-refractivity contribution in [2.24, 2.45) is 0 Å². The molecule has 1 atom stereocenters. The molecule has 0 unspecified atom stereocenters. The number of benzene rings is 4. The number of methoxy groups -OCH3 is 1. The van der Waals surface area contributed by atoms with Gasteiger partial charge in [0.15, 0.2) is 0 Å². The summed E-state index contributed by atoms with van der Waals surface area (Å²) < 4.78 is 33.9. The van der Waals surface area contributed by atoms with E-state index in [0.717, 1.165) is 27.1 Å². The maximum absolute atomic E-state index is 13.9. The van der Waals surface area contributed by atoms with Crippen molar-refractivity contribution < 1.29 is 22.9 Å². The number of hydrogen-bond acceptors (Lipinski definition) is 6. The molecule has 4 rings (SSSR count). The number of aryl methyl sites for hydroxylation is 2. The number of sulfonamides is 1. The molecule has 1 N–H and O–H groups in total. The molecule has 0 heterocycles. The van der Waals surface area contributed by atoms with Gasteiger partial charge in [0.25, 0.3) is 15.7 Å². The number of nitro benzene ring substituents is 1. The number of amides is 1. The highest BCUT2D eigenvalue weighted by atomic mass is 32.2. The van der Waals surface area contributed by atoms with Crippen molar-refractivity contribution in [3.05, 3.63) is 129 Å². The molecule has 0 aliphatic heterocycles. The van der Waals surface area contributed by atoms with E-state index in [9.17, 15) is 23.3 Å². The lowest BCUT2D eigenvalue weighted by Gasteiger charge is -2.27. The minimum atomic E-state index is -4.39. The van der Waals surface area contributed by atoms with Crippen molar-refractivity contribution in [1.82, 2.24) is 5.32 Å². The number of nitro groups is 1. The number of ether oxygens (including phenoxy) is 1. The first-order valence-electron chi connectivity index (χ1n) is 12.4. The van der Waals surface area contributed by atoms with Gasteiger partial charge in [0.1, 0.15) is 12.3 Å². The van der Waals surface area contributed by atoms with E-state index < -0.39 is 33.4 Å². The Hall–Kier alpha value is -4.70. The van der Waals surface area contributed by atoms with Crippen LogP contribution in [-0.4, -0.2) is 32.9 Å². The van der Waals surface area contributed by atoms with Crippen LogP contribution in [0.2, 0.25) is 0 Å². The molecule has 4 aromatic carbocycles. The van der Waals surface area contributed by atoms with E-state index in [4.69, 9.17) is 4.74 Å². The average Bonchev–Trinajstić information content (AvgIpc) is 2.95. The lowest BCUT2D eigenvalue weighted by atomic mass is 9.95. The van der Waals surface area contributed by atoms with Crippen LogP contribution in [0.3, 0.4) is 0 Å². The molecular formula is C30H29N3O6S. The van der Waals surface area contributed by atoms with E-state index in [1.807, 2.05) is 61.5 Å². The second kappa shape index (κ2) is 12.0. The molecule has 40 heavy (non-hydrogen) atoms. The zero-order valence-corrected chi connectivity index (χ0v) is 23.1. The molecule has 9 nitrogen and oxygen atoms in total. The van der Waals surface area contributed by atoms with Crippen LogP contribution < -0.4 is 14.4 Å². The summed E-state index contributed by atoms with van der Waals surface area (Å²) >= 11 is 0. The van der Waals surface area contributed by atoms with Crippen LogP contribution in [0.1, 0.15) is 28.3 Å². The van der Waals surface area contributed by atoms with Crippen molar-refractivity contribution in [2.45, 2.75) is 24.8 Å². The Balaban J connectivity index is 1.74. The fourth-order valence-corrected chi connectivity index (χ4v) is 5.81. The Morgan fingerprint density at radius 3 is 2.20 bits per heavy atom. The first-order valence-corrected chi connectivity index (χ1v) is 13.9. The van der Waals surface area contributed by atoms with Gasteiger partial charge in [0, 0.05) is 11.6 Å². The standard InChI is InChI=1S/C30H29N3O6S/c1-21-9-7-8-12-27(21)30(23-10-5-4-6-11-23)31-29(34)20-32(24-14-16-25(39-3)17-15-24)40(37,38)26-18-13-22(2)28(19-26)33(35)36/h4-19,30H,20H2,1-3H3,(H,31,34)/t30-/m1/s1. The molecule has 0 saturated heterocycles. The number of nitrogens with one attached hydrogen (secondary N) is 1. The van der Waals surface area contributed by atoms with Crippen molar-refractivity contribution in [1.29, 1.82) is 0 Å². The SMILES string of the molecule is COc1ccc(N(CC(=O)N[C@H](c2ccccc2)c2ccccc2C)S(=O)(=O)c2ccc(C)c([N+](=O)[O-])c2)cc1. The number of rotatable bonds is 10. The van der Waals surface area contributed by atoms with Gasteiger partial charge in [-0.05, 0) is 60.9 Å². The molecule has 10 heteroatoms. The van der Waals surface area contributed by atoms with Gasteiger partial charge in [-0.25, -0.2) is 8.42 Å². The molecule has 0 spiro atoms. The highest BCUT2D eigenvalue weighted by molar-refractivity contribution is 7.92. The Kier molecular flexibility index (Phi) is 8.49. The monoisotopic (exact) mass is 559 g/mol. The third-order valence-corrected chi connectivity index (χ3v) is 8.32. The van der Waals surface area contributed by atoms with Gasteiger partial charge in [0.2, 0.25) is 5.91 Å². The van der Waals surface area contributed by atoms with Crippen molar-refractivity contribution in [3.63, 3.8) is 0 Å². The number of anilines is 1. The molecule has 0 fully saturated rings. The van der Waals surface area contributed by atoms with Crippen LogP contribution in [0.5, 0.6) is 5.75 Å². The van der Waals surface area contributed by atoms with E-state index in [-0.39, 0.29) is 16.3 Å². The number of carbonyl (C=O) groups excluding carboxylic acids is 1. The molecule has 4 aromatic rings. The molecule has 0 aromatic heterocycles. The summed E-state index contributed by atoms with van der Waals surface area (Å²) in [6.45, 7) is 2.90. The third-order valence-electron chi connectivity index (χ3n) is 6.55. The predicted molar refractivity (Wildman–Crippen MR) is 153 cm³/mol. The van der Waals surface area contributed by atoms with Crippen LogP contribution in [0.4, 0.5) is 11.4 Å². The largest absolute Gasteiger partial charge is 0.497 e. The Morgan fingerprint density at radius 2 is 1.57 bits per heavy atom. The fourth-order valence-electron chi connectivity index (χ4n) is 4.37. The van der Waals surface area contributed by atoms with Gasteiger partial charge >= 0.3 is 0 Å². The highest BCUT2D eigenvalue weighted by Gasteiger charge is 2.30. The van der Waals surface area contributed by atoms with Crippen LogP contribution in [0.15, 0.2) is 102 Å². The summed E-state index contributed by atoms with van der Waals surface area (Å²) in [6.07, 6.45) is 0. The molecule has 0 bridgehead atoms. The summed E-state index contributed by atoms with van der Waals surface area (Å²) in [6, 6.07) is 26.4. The fraction of sp³-hybridized carbons (Fsp3) is 0.167. The molecular weight excluding hydrogens is 530 g/mol. The second-order valence-corrected chi connectivity index (χ2v) is 11.0. The van der Waals surface area contributed by atoms with E-state index >= 15 is 0 Å². The van der Waals surface area contributed by atoms with Crippen molar-refractivity contribution >= 4 is 27.3 Å². The minimum absolute atomic E-state index is 0.200. The Labute approximate surface area is 233 Å². The second-order valence-electron chi connectivity index (χ2n) is 9.18. The number of carbonyl (C=O) groups is 1. The Morgan fingerprint density at radius 1 is 0.925 bits per heavy atom. The molecule has 206 valence electrons. The van der Waals surface area contributed by atoms with Crippen LogP contribution in [0.25, 0.3) is 0 Å². The number of hydrogen-bond donors (Lipinski definition) is 1. The Bertz CT molecular complexity index is 1620. The average molecular weight is 560 g/mol. The van der Waals surface area contributed by atoms with Gasteiger partial charge in [-0.15, -0.1) is 0 Å². The zero-order valence-electron chi connectivity index (χ0n) is 22.3. The first kappa shape index (κ1) is 28.3. The van der Waals surface area contributed by atoms with Gasteiger partial charge in [0.05, 0.1) is 28.7 Å². The molecule has 0 aliphatic rings. The molecule has 0 radical (unpaired) electrons. The van der Waals surface area contributed by atoms with Crippen LogP contribution in [0, 0.1) is 24.0 Å².